The van der Waals surface area contributed by atoms with Crippen molar-refractivity contribution < 1.29 is 27.5 Å². The summed E-state index contributed by atoms with van der Waals surface area (Å²) in [5.41, 5.74) is 2.00. The van der Waals surface area contributed by atoms with E-state index in [-0.39, 0.29) is 23.4 Å². The van der Waals surface area contributed by atoms with Crippen molar-refractivity contribution >= 4 is 27.5 Å². The predicted molar refractivity (Wildman–Crippen MR) is 167 cm³/mol. The first kappa shape index (κ1) is 31.9. The standard InChI is InChI=1S/C33H41N3O6S/c1-5-42-30-18-14-28(15-19-30)36(43(39,40)31-20-10-24(2)11-21-31)23-32(37)35(22-26-12-16-29(41-4)17-13-26)25(3)33(38)34-27-8-6-7-9-27/h10-21,25,27H,5-9,22-23H2,1-4H3,(H,34,38)/t25-/m1/s1. The Morgan fingerprint density at radius 2 is 1.53 bits per heavy atom. The summed E-state index contributed by atoms with van der Waals surface area (Å²) in [5.74, 6) is 0.486. The molecule has 0 bridgehead atoms. The maximum absolute atomic E-state index is 14.1. The van der Waals surface area contributed by atoms with Gasteiger partial charge < -0.3 is 19.7 Å². The summed E-state index contributed by atoms with van der Waals surface area (Å²) in [6.07, 6.45) is 3.93. The zero-order valence-corrected chi connectivity index (χ0v) is 26.1. The van der Waals surface area contributed by atoms with Gasteiger partial charge >= 0.3 is 0 Å². The lowest BCUT2D eigenvalue weighted by Crippen LogP contribution is -2.52. The number of nitrogens with one attached hydrogen (secondary N) is 1. The maximum Gasteiger partial charge on any atom is 0.264 e. The third-order valence-corrected chi connectivity index (χ3v) is 9.49. The normalized spacial score (nSPS) is 14.1. The SMILES string of the molecule is CCOc1ccc(N(CC(=O)N(Cc2ccc(OC)cc2)[C@H](C)C(=O)NC2CCCC2)S(=O)(=O)c2ccc(C)cc2)cc1. The largest absolute Gasteiger partial charge is 0.497 e. The second kappa shape index (κ2) is 14.4. The molecule has 0 saturated heterocycles. The predicted octanol–water partition coefficient (Wildman–Crippen LogP) is 5.07. The van der Waals surface area contributed by atoms with Crippen molar-refractivity contribution in [2.45, 2.75) is 70.0 Å². The van der Waals surface area contributed by atoms with Crippen LogP contribution in [0.4, 0.5) is 5.69 Å². The number of sulfonamides is 1. The van der Waals surface area contributed by atoms with Crippen LogP contribution in [-0.4, -0.2) is 57.5 Å². The van der Waals surface area contributed by atoms with E-state index in [0.717, 1.165) is 41.1 Å². The summed E-state index contributed by atoms with van der Waals surface area (Å²) in [5, 5.41) is 3.08. The van der Waals surface area contributed by atoms with Gasteiger partial charge in [-0.25, -0.2) is 8.42 Å². The van der Waals surface area contributed by atoms with E-state index in [1.807, 2.05) is 26.0 Å². The fourth-order valence-corrected chi connectivity index (χ4v) is 6.56. The van der Waals surface area contributed by atoms with Crippen LogP contribution in [0.15, 0.2) is 77.7 Å². The molecule has 2 amide bonds. The molecule has 1 saturated carbocycles. The number of hydrogen-bond acceptors (Lipinski definition) is 6. The average molecular weight is 608 g/mol. The molecule has 0 aliphatic heterocycles. The highest BCUT2D eigenvalue weighted by atomic mass is 32.2. The number of carbonyl (C=O) groups is 2. The summed E-state index contributed by atoms with van der Waals surface area (Å²) < 4.78 is 39.9. The monoisotopic (exact) mass is 607 g/mol. The number of benzene rings is 3. The van der Waals surface area contributed by atoms with Crippen LogP contribution in [0.25, 0.3) is 0 Å². The number of anilines is 1. The zero-order chi connectivity index (χ0) is 31.0. The zero-order valence-electron chi connectivity index (χ0n) is 25.3. The van der Waals surface area contributed by atoms with E-state index in [2.05, 4.69) is 5.32 Å². The Balaban J connectivity index is 1.68. The van der Waals surface area contributed by atoms with Crippen LogP contribution in [-0.2, 0) is 26.2 Å². The van der Waals surface area contributed by atoms with Crippen LogP contribution in [0.5, 0.6) is 11.5 Å². The van der Waals surface area contributed by atoms with Gasteiger partial charge in [0, 0.05) is 12.6 Å². The average Bonchev–Trinajstić information content (AvgIpc) is 3.52. The molecule has 9 nitrogen and oxygen atoms in total. The van der Waals surface area contributed by atoms with Gasteiger partial charge in [0.1, 0.15) is 24.1 Å². The number of ether oxygens (including phenoxy) is 2. The summed E-state index contributed by atoms with van der Waals surface area (Å²) in [7, 11) is -2.57. The van der Waals surface area contributed by atoms with Gasteiger partial charge in [0.05, 0.1) is 24.3 Å². The first-order valence-corrected chi connectivity index (χ1v) is 16.1. The lowest BCUT2D eigenvalue weighted by atomic mass is 10.1. The molecule has 4 rings (SSSR count). The van der Waals surface area contributed by atoms with E-state index < -0.39 is 28.5 Å². The minimum Gasteiger partial charge on any atom is -0.497 e. The van der Waals surface area contributed by atoms with E-state index in [4.69, 9.17) is 9.47 Å². The first-order chi connectivity index (χ1) is 20.6. The van der Waals surface area contributed by atoms with E-state index >= 15 is 0 Å². The molecule has 1 aliphatic rings. The number of nitrogens with zero attached hydrogens (tertiary/aromatic N) is 2. The molecule has 3 aromatic rings. The van der Waals surface area contributed by atoms with Gasteiger partial charge in [0.2, 0.25) is 11.8 Å². The third-order valence-electron chi connectivity index (χ3n) is 7.70. The van der Waals surface area contributed by atoms with Gasteiger partial charge in [-0.05, 0) is 87.7 Å². The third kappa shape index (κ3) is 8.07. The van der Waals surface area contributed by atoms with E-state index in [9.17, 15) is 18.0 Å². The van der Waals surface area contributed by atoms with E-state index in [1.54, 1.807) is 62.6 Å². The van der Waals surface area contributed by atoms with Gasteiger partial charge in [-0.2, -0.15) is 0 Å². The van der Waals surface area contributed by atoms with Crippen molar-refractivity contribution in [3.63, 3.8) is 0 Å². The van der Waals surface area contributed by atoms with Crippen molar-refractivity contribution in [3.05, 3.63) is 83.9 Å². The van der Waals surface area contributed by atoms with Crippen LogP contribution in [0.1, 0.15) is 50.7 Å². The lowest BCUT2D eigenvalue weighted by Gasteiger charge is -2.32. The molecule has 10 heteroatoms. The molecule has 43 heavy (non-hydrogen) atoms. The topological polar surface area (TPSA) is 105 Å². The molecule has 0 unspecified atom stereocenters. The molecule has 1 atom stereocenters. The lowest BCUT2D eigenvalue weighted by molar-refractivity contribution is -0.139. The maximum atomic E-state index is 14.1. The van der Waals surface area contributed by atoms with Crippen molar-refractivity contribution in [1.82, 2.24) is 10.2 Å². The Hall–Kier alpha value is -4.05. The molecule has 0 radical (unpaired) electrons. The van der Waals surface area contributed by atoms with Crippen molar-refractivity contribution in [3.8, 4) is 11.5 Å². The molecule has 3 aromatic carbocycles. The Labute approximate surface area is 254 Å². The quantitative estimate of drug-likeness (QED) is 0.291. The Morgan fingerprint density at radius 3 is 2.12 bits per heavy atom. The molecule has 0 spiro atoms. The highest BCUT2D eigenvalue weighted by Crippen LogP contribution is 2.27. The van der Waals surface area contributed by atoms with Gasteiger partial charge in [0.15, 0.2) is 0 Å². The summed E-state index contributed by atoms with van der Waals surface area (Å²) >= 11 is 0. The van der Waals surface area contributed by atoms with Gasteiger partial charge in [-0.1, -0.05) is 42.7 Å². The van der Waals surface area contributed by atoms with Crippen LogP contribution in [0, 0.1) is 6.92 Å². The Kier molecular flexibility index (Phi) is 10.7. The van der Waals surface area contributed by atoms with Crippen molar-refractivity contribution in [1.29, 1.82) is 0 Å². The van der Waals surface area contributed by atoms with Crippen LogP contribution in [0.2, 0.25) is 0 Å². The molecule has 0 heterocycles. The number of aryl methyl sites for hydroxylation is 1. The molecule has 1 N–H and O–H groups in total. The van der Waals surface area contributed by atoms with Crippen LogP contribution in [0.3, 0.4) is 0 Å². The Morgan fingerprint density at radius 1 is 0.930 bits per heavy atom. The van der Waals surface area contributed by atoms with Crippen molar-refractivity contribution in [2.75, 3.05) is 24.6 Å². The van der Waals surface area contributed by atoms with Gasteiger partial charge in [-0.3, -0.25) is 13.9 Å². The fourth-order valence-electron chi connectivity index (χ4n) is 5.14. The number of carbonyl (C=O) groups excluding carboxylic acids is 2. The summed E-state index contributed by atoms with van der Waals surface area (Å²) in [4.78, 5) is 29.0. The van der Waals surface area contributed by atoms with Crippen LogP contribution >= 0.6 is 0 Å². The number of rotatable bonds is 13. The highest BCUT2D eigenvalue weighted by Gasteiger charge is 2.33. The van der Waals surface area contributed by atoms with E-state index in [0.29, 0.717) is 23.8 Å². The van der Waals surface area contributed by atoms with Gasteiger partial charge in [-0.15, -0.1) is 0 Å². The number of amides is 2. The number of hydrogen-bond donors (Lipinski definition) is 1. The minimum absolute atomic E-state index is 0.0634. The molecular formula is C33H41N3O6S. The summed E-state index contributed by atoms with van der Waals surface area (Å²) in [6.45, 7) is 5.50. The minimum atomic E-state index is -4.14. The molecule has 1 aliphatic carbocycles. The Bertz CT molecular complexity index is 1470. The molecular weight excluding hydrogens is 566 g/mol. The van der Waals surface area contributed by atoms with Crippen molar-refractivity contribution in [2.24, 2.45) is 0 Å². The van der Waals surface area contributed by atoms with E-state index in [1.165, 1.54) is 17.0 Å². The second-order valence-corrected chi connectivity index (χ2v) is 12.6. The van der Waals surface area contributed by atoms with Crippen LogP contribution < -0.4 is 19.1 Å². The highest BCUT2D eigenvalue weighted by molar-refractivity contribution is 7.92. The smallest absolute Gasteiger partial charge is 0.264 e. The first-order valence-electron chi connectivity index (χ1n) is 14.7. The molecule has 230 valence electrons. The molecule has 0 aromatic heterocycles. The fraction of sp³-hybridized carbons (Fsp3) is 0.394. The summed E-state index contributed by atoms with van der Waals surface area (Å²) in [6, 6.07) is 19.6. The molecule has 1 fully saturated rings. The number of methoxy groups -OCH3 is 1. The second-order valence-electron chi connectivity index (χ2n) is 10.8. The van der Waals surface area contributed by atoms with Gasteiger partial charge in [0.25, 0.3) is 10.0 Å².